The molecule has 58 heavy (non-hydrogen) atoms. The Morgan fingerprint density at radius 3 is 1.41 bits per heavy atom. The Kier molecular flexibility index (Phi) is 7.36. The first-order valence-corrected chi connectivity index (χ1v) is 20.1. The van der Waals surface area contributed by atoms with Crippen LogP contribution < -0.4 is 0 Å². The van der Waals surface area contributed by atoms with Crippen LogP contribution in [0.15, 0.2) is 188 Å². The standard InChI is InChI=1S/C55H35N3/c1-2-9-39(10-3-1)53-56-54(40-27-23-36(24-28-40)43-30-29-38-26-25-37-11-7-16-47(43)51(37)38)58-55(57-53)42-13-6-12-41(33-42)34-19-21-35(22-20-34)44-31-32-50-46-15-5-4-14-45(46)49-18-8-17-48(44)52(49)50/h1-24,27-33H,25-26H2. The van der Waals surface area contributed by atoms with Crippen LogP contribution >= 0.6 is 0 Å². The van der Waals surface area contributed by atoms with Crippen molar-refractivity contribution in [2.24, 2.45) is 0 Å². The van der Waals surface area contributed by atoms with Gasteiger partial charge < -0.3 is 0 Å². The molecule has 0 radical (unpaired) electrons. The maximum Gasteiger partial charge on any atom is 0.164 e. The van der Waals surface area contributed by atoms with Crippen LogP contribution in [0.1, 0.15) is 11.1 Å². The summed E-state index contributed by atoms with van der Waals surface area (Å²) in [5.74, 6) is 1.95. The molecule has 0 atom stereocenters. The van der Waals surface area contributed by atoms with Crippen molar-refractivity contribution in [2.45, 2.75) is 12.8 Å². The van der Waals surface area contributed by atoms with Crippen LogP contribution in [-0.2, 0) is 12.8 Å². The van der Waals surface area contributed by atoms with Gasteiger partial charge in [0.1, 0.15) is 0 Å². The molecule has 10 aromatic rings. The predicted molar refractivity (Wildman–Crippen MR) is 239 cm³/mol. The van der Waals surface area contributed by atoms with Gasteiger partial charge in [-0.1, -0.05) is 182 Å². The van der Waals surface area contributed by atoms with Gasteiger partial charge in [0.25, 0.3) is 0 Å². The van der Waals surface area contributed by atoms with E-state index in [9.17, 15) is 0 Å². The zero-order chi connectivity index (χ0) is 38.2. The molecule has 0 bridgehead atoms. The predicted octanol–water partition coefficient (Wildman–Crippen LogP) is 13.9. The zero-order valence-electron chi connectivity index (χ0n) is 31.7. The second-order valence-corrected chi connectivity index (χ2v) is 15.5. The molecule has 2 aliphatic rings. The lowest BCUT2D eigenvalue weighted by Crippen LogP contribution is -2.00. The minimum Gasteiger partial charge on any atom is -0.208 e. The second kappa shape index (κ2) is 13.0. The van der Waals surface area contributed by atoms with Crippen LogP contribution in [0.3, 0.4) is 0 Å². The molecule has 270 valence electrons. The van der Waals surface area contributed by atoms with Gasteiger partial charge in [-0.05, 0) is 107 Å². The fourth-order valence-corrected chi connectivity index (χ4v) is 9.39. The van der Waals surface area contributed by atoms with E-state index in [4.69, 9.17) is 15.0 Å². The molecular weight excluding hydrogens is 703 g/mol. The molecule has 12 rings (SSSR count). The molecule has 1 aromatic heterocycles. The first-order chi connectivity index (χ1) is 28.7. The third-order valence-corrected chi connectivity index (χ3v) is 12.2. The average Bonchev–Trinajstić information content (AvgIpc) is 3.88. The Morgan fingerprint density at radius 1 is 0.259 bits per heavy atom. The monoisotopic (exact) mass is 737 g/mol. The van der Waals surface area contributed by atoms with Gasteiger partial charge in [-0.15, -0.1) is 0 Å². The first-order valence-electron chi connectivity index (χ1n) is 20.1. The number of aryl methyl sites for hydroxylation is 2. The molecule has 2 aliphatic carbocycles. The summed E-state index contributed by atoms with van der Waals surface area (Å²) in [5, 5.41) is 5.39. The van der Waals surface area contributed by atoms with Crippen molar-refractivity contribution < 1.29 is 0 Å². The third-order valence-electron chi connectivity index (χ3n) is 12.2. The van der Waals surface area contributed by atoms with Gasteiger partial charge in [-0.25, -0.2) is 15.0 Å². The van der Waals surface area contributed by atoms with Crippen molar-refractivity contribution in [2.75, 3.05) is 0 Å². The summed E-state index contributed by atoms with van der Waals surface area (Å²) >= 11 is 0. The molecule has 3 nitrogen and oxygen atoms in total. The van der Waals surface area contributed by atoms with Crippen LogP contribution in [0.2, 0.25) is 0 Å². The molecule has 1 heterocycles. The summed E-state index contributed by atoms with van der Waals surface area (Å²) < 4.78 is 0. The molecule has 0 spiro atoms. The fraction of sp³-hybridized carbons (Fsp3) is 0.0364. The van der Waals surface area contributed by atoms with Crippen molar-refractivity contribution in [1.29, 1.82) is 0 Å². The summed E-state index contributed by atoms with van der Waals surface area (Å²) in [4.78, 5) is 15.2. The van der Waals surface area contributed by atoms with Gasteiger partial charge in [0.05, 0.1) is 0 Å². The molecule has 0 N–H and O–H groups in total. The molecule has 0 fully saturated rings. The highest BCUT2D eigenvalue weighted by Gasteiger charge is 2.22. The van der Waals surface area contributed by atoms with Crippen molar-refractivity contribution >= 4 is 21.5 Å². The number of aromatic nitrogens is 3. The molecule has 0 unspecified atom stereocenters. The van der Waals surface area contributed by atoms with E-state index >= 15 is 0 Å². The van der Waals surface area contributed by atoms with Gasteiger partial charge in [0.15, 0.2) is 17.5 Å². The Bertz CT molecular complexity index is 3220. The number of fused-ring (bicyclic) bond motifs is 3. The topological polar surface area (TPSA) is 38.7 Å². The van der Waals surface area contributed by atoms with Crippen LogP contribution in [0.5, 0.6) is 0 Å². The lowest BCUT2D eigenvalue weighted by Gasteiger charge is -2.12. The van der Waals surface area contributed by atoms with E-state index in [1.54, 1.807) is 0 Å². The lowest BCUT2D eigenvalue weighted by atomic mass is 9.93. The molecule has 0 saturated carbocycles. The quantitative estimate of drug-likeness (QED) is 0.171. The van der Waals surface area contributed by atoms with E-state index in [1.807, 2.05) is 18.2 Å². The van der Waals surface area contributed by atoms with Crippen molar-refractivity contribution in [3.05, 3.63) is 199 Å². The number of hydrogen-bond acceptors (Lipinski definition) is 3. The molecule has 0 amide bonds. The van der Waals surface area contributed by atoms with Crippen molar-refractivity contribution in [3.63, 3.8) is 0 Å². The van der Waals surface area contributed by atoms with E-state index in [2.05, 4.69) is 170 Å². The first kappa shape index (κ1) is 32.7. The second-order valence-electron chi connectivity index (χ2n) is 15.5. The van der Waals surface area contributed by atoms with Crippen LogP contribution in [0, 0.1) is 0 Å². The van der Waals surface area contributed by atoms with E-state index in [1.165, 1.54) is 77.2 Å². The van der Waals surface area contributed by atoms with Gasteiger partial charge in [-0.2, -0.15) is 0 Å². The number of nitrogens with zero attached hydrogens (tertiary/aromatic N) is 3. The molecule has 9 aromatic carbocycles. The molecule has 0 aliphatic heterocycles. The van der Waals surface area contributed by atoms with Crippen LogP contribution in [0.4, 0.5) is 0 Å². The Morgan fingerprint density at radius 2 is 0.707 bits per heavy atom. The summed E-state index contributed by atoms with van der Waals surface area (Å²) in [5.41, 5.74) is 18.2. The number of hydrogen-bond donors (Lipinski definition) is 0. The third kappa shape index (κ3) is 5.24. The lowest BCUT2D eigenvalue weighted by molar-refractivity contribution is 1.02. The van der Waals surface area contributed by atoms with Gasteiger partial charge >= 0.3 is 0 Å². The highest BCUT2D eigenvalue weighted by Crippen LogP contribution is 2.49. The smallest absolute Gasteiger partial charge is 0.164 e. The Balaban J connectivity index is 0.895. The van der Waals surface area contributed by atoms with E-state index in [-0.39, 0.29) is 0 Å². The Hall–Kier alpha value is -7.49. The molecule has 3 heteroatoms. The maximum atomic E-state index is 5.11. The minimum atomic E-state index is 0.646. The highest BCUT2D eigenvalue weighted by atomic mass is 15.0. The zero-order valence-corrected chi connectivity index (χ0v) is 31.7. The van der Waals surface area contributed by atoms with Gasteiger partial charge in [0.2, 0.25) is 0 Å². The maximum absolute atomic E-state index is 5.11. The molecular formula is C55H35N3. The van der Waals surface area contributed by atoms with E-state index < -0.39 is 0 Å². The number of benzene rings is 9. The summed E-state index contributed by atoms with van der Waals surface area (Å²) in [6, 6.07) is 67.7. The van der Waals surface area contributed by atoms with Crippen molar-refractivity contribution in [3.8, 4) is 89.8 Å². The van der Waals surface area contributed by atoms with Gasteiger partial charge in [-0.3, -0.25) is 0 Å². The number of rotatable bonds is 6. The highest BCUT2D eigenvalue weighted by molar-refractivity contribution is 6.18. The molecule has 0 saturated heterocycles. The van der Waals surface area contributed by atoms with E-state index in [0.717, 1.165) is 40.7 Å². The fourth-order valence-electron chi connectivity index (χ4n) is 9.39. The van der Waals surface area contributed by atoms with E-state index in [0.29, 0.717) is 17.5 Å². The largest absolute Gasteiger partial charge is 0.208 e. The van der Waals surface area contributed by atoms with Gasteiger partial charge in [0, 0.05) is 16.7 Å². The Labute approximate surface area is 337 Å². The minimum absolute atomic E-state index is 0.646. The average molecular weight is 738 g/mol. The summed E-state index contributed by atoms with van der Waals surface area (Å²) in [7, 11) is 0. The summed E-state index contributed by atoms with van der Waals surface area (Å²) in [6.07, 6.45) is 2.25. The summed E-state index contributed by atoms with van der Waals surface area (Å²) in [6.45, 7) is 0. The van der Waals surface area contributed by atoms with Crippen molar-refractivity contribution in [1.82, 2.24) is 15.0 Å². The van der Waals surface area contributed by atoms with Crippen LogP contribution in [-0.4, -0.2) is 15.0 Å². The SMILES string of the molecule is c1ccc(-c2nc(-c3ccc(-c4ccc5c6c(cccc46)CC5)cc3)nc(-c3cccc(-c4ccc(-c5ccc6c7c(cccc57)-c5ccccc5-6)cc4)c3)n2)cc1. The van der Waals surface area contributed by atoms with Crippen LogP contribution in [0.25, 0.3) is 111 Å². The normalized spacial score (nSPS) is 12.3.